The lowest BCUT2D eigenvalue weighted by Gasteiger charge is -2.19. The van der Waals surface area contributed by atoms with Gasteiger partial charge in [-0.05, 0) is 13.3 Å². The average molecular weight is 279 g/mol. The molecule has 0 aromatic carbocycles. The van der Waals surface area contributed by atoms with Gasteiger partial charge in [-0.15, -0.1) is 11.3 Å². The minimum absolute atomic E-state index is 0.0452. The van der Waals surface area contributed by atoms with Gasteiger partial charge in [-0.2, -0.15) is 5.26 Å². The first-order valence-corrected chi connectivity index (χ1v) is 7.04. The molecule has 19 heavy (non-hydrogen) atoms. The summed E-state index contributed by atoms with van der Waals surface area (Å²) in [5.41, 5.74) is 5.79. The molecular weight excluding hydrogens is 262 g/mol. The van der Waals surface area contributed by atoms with Crippen LogP contribution in [0.15, 0.2) is 0 Å². The summed E-state index contributed by atoms with van der Waals surface area (Å²) in [6.45, 7) is 4.67. The van der Waals surface area contributed by atoms with E-state index in [1.165, 1.54) is 11.3 Å². The van der Waals surface area contributed by atoms with E-state index in [2.05, 4.69) is 6.07 Å². The Bertz CT molecular complexity index is 557. The van der Waals surface area contributed by atoms with Crippen LogP contribution in [-0.2, 0) is 0 Å². The van der Waals surface area contributed by atoms with Gasteiger partial charge >= 0.3 is 0 Å². The van der Waals surface area contributed by atoms with E-state index in [4.69, 9.17) is 5.73 Å². The van der Waals surface area contributed by atoms with Crippen LogP contribution in [0.4, 0.5) is 10.7 Å². The van der Waals surface area contributed by atoms with Gasteiger partial charge in [0.05, 0.1) is 16.2 Å². The summed E-state index contributed by atoms with van der Waals surface area (Å²) >= 11 is 1.26. The number of Topliss-reactive ketones (excluding diaryl/α,β-unsaturated/α-hetero) is 1. The van der Waals surface area contributed by atoms with Gasteiger partial charge in [0.25, 0.3) is 0 Å². The molecule has 1 saturated heterocycles. The molecule has 1 aliphatic heterocycles. The van der Waals surface area contributed by atoms with E-state index in [0.29, 0.717) is 41.4 Å². The number of thiophene rings is 1. The van der Waals surface area contributed by atoms with Gasteiger partial charge in [-0.1, -0.05) is 6.92 Å². The Morgan fingerprint density at radius 2 is 2.37 bits per heavy atom. The number of carbonyl (C=O) groups excluding carboxylic acids is 1. The molecule has 2 rings (SSSR count). The maximum Gasteiger partial charge on any atom is 0.174 e. The van der Waals surface area contributed by atoms with Crippen LogP contribution >= 0.6 is 11.3 Å². The highest BCUT2D eigenvalue weighted by Crippen LogP contribution is 2.40. The van der Waals surface area contributed by atoms with Crippen molar-refractivity contribution < 1.29 is 9.90 Å². The Balaban J connectivity index is 2.42. The first-order valence-electron chi connectivity index (χ1n) is 6.22. The number of nitrogen functional groups attached to an aromatic ring is 1. The smallest absolute Gasteiger partial charge is 0.174 e. The standard InChI is InChI=1S/C13H17N3O2S/c1-3-9(17)11-10(15)8(6-14)12(19-11)16-5-4-13(2,18)7-16/h18H,3-5,7,15H2,1-2H3. The van der Waals surface area contributed by atoms with Crippen molar-refractivity contribution in [1.82, 2.24) is 0 Å². The fourth-order valence-electron chi connectivity index (χ4n) is 2.25. The van der Waals surface area contributed by atoms with Gasteiger partial charge in [-0.3, -0.25) is 4.79 Å². The van der Waals surface area contributed by atoms with Gasteiger partial charge in [0.2, 0.25) is 0 Å². The van der Waals surface area contributed by atoms with Crippen molar-refractivity contribution in [3.05, 3.63) is 10.4 Å². The summed E-state index contributed by atoms with van der Waals surface area (Å²) < 4.78 is 0. The predicted octanol–water partition coefficient (Wildman–Crippen LogP) is 1.76. The molecule has 102 valence electrons. The maximum atomic E-state index is 11.8. The van der Waals surface area contributed by atoms with Crippen LogP contribution in [0.2, 0.25) is 0 Å². The normalized spacial score (nSPS) is 22.5. The quantitative estimate of drug-likeness (QED) is 0.823. The lowest BCUT2D eigenvalue weighted by Crippen LogP contribution is -2.29. The summed E-state index contributed by atoms with van der Waals surface area (Å²) in [5.74, 6) is -0.0452. The zero-order valence-electron chi connectivity index (χ0n) is 11.1. The van der Waals surface area contributed by atoms with Crippen LogP contribution in [0.1, 0.15) is 41.9 Å². The van der Waals surface area contributed by atoms with Crippen molar-refractivity contribution in [2.45, 2.75) is 32.3 Å². The number of nitrogens with zero attached hydrogens (tertiary/aromatic N) is 2. The number of aliphatic hydroxyl groups is 1. The molecule has 1 aliphatic rings. The van der Waals surface area contributed by atoms with Crippen molar-refractivity contribution in [3.63, 3.8) is 0 Å². The van der Waals surface area contributed by atoms with Gasteiger partial charge < -0.3 is 15.7 Å². The summed E-state index contributed by atoms with van der Waals surface area (Å²) in [6, 6.07) is 2.08. The van der Waals surface area contributed by atoms with Gasteiger partial charge in [0.15, 0.2) is 5.78 Å². The molecule has 3 N–H and O–H groups in total. The minimum Gasteiger partial charge on any atom is -0.396 e. The Kier molecular flexibility index (Phi) is 3.52. The van der Waals surface area contributed by atoms with Crippen LogP contribution in [0, 0.1) is 11.3 Å². The first-order chi connectivity index (χ1) is 8.89. The van der Waals surface area contributed by atoms with Crippen LogP contribution < -0.4 is 10.6 Å². The Hall–Kier alpha value is -1.58. The second kappa shape index (κ2) is 4.83. The summed E-state index contributed by atoms with van der Waals surface area (Å²) in [7, 11) is 0. The number of nitriles is 1. The third-order valence-electron chi connectivity index (χ3n) is 3.35. The fraction of sp³-hybridized carbons (Fsp3) is 0.538. The van der Waals surface area contributed by atoms with E-state index in [1.54, 1.807) is 13.8 Å². The molecule has 0 amide bonds. The van der Waals surface area contributed by atoms with E-state index in [0.717, 1.165) is 0 Å². The number of ketones is 1. The molecule has 1 aromatic heterocycles. The predicted molar refractivity (Wildman–Crippen MR) is 75.5 cm³/mol. The summed E-state index contributed by atoms with van der Waals surface area (Å²) in [6.07, 6.45) is 1.01. The molecule has 1 fully saturated rings. The highest BCUT2D eigenvalue weighted by Gasteiger charge is 2.34. The number of β-amino-alcohol motifs (C(OH)–C–C–N with tert-alkyl or cyclic N) is 1. The topological polar surface area (TPSA) is 90.4 Å². The fourth-order valence-corrected chi connectivity index (χ4v) is 3.45. The molecule has 0 spiro atoms. The number of hydrogen-bond donors (Lipinski definition) is 2. The second-order valence-corrected chi connectivity index (χ2v) is 6.08. The number of rotatable bonds is 3. The first kappa shape index (κ1) is 13.8. The molecule has 2 heterocycles. The summed E-state index contributed by atoms with van der Waals surface area (Å²) in [5, 5.41) is 19.9. The van der Waals surface area contributed by atoms with E-state index >= 15 is 0 Å². The Morgan fingerprint density at radius 1 is 1.68 bits per heavy atom. The Labute approximate surface area is 116 Å². The van der Waals surface area contributed by atoms with E-state index in [9.17, 15) is 15.2 Å². The average Bonchev–Trinajstić information content (AvgIpc) is 2.88. The minimum atomic E-state index is -0.750. The number of carbonyl (C=O) groups is 1. The van der Waals surface area contributed by atoms with Crippen LogP contribution in [-0.4, -0.2) is 29.6 Å². The zero-order valence-corrected chi connectivity index (χ0v) is 11.9. The van der Waals surface area contributed by atoms with Crippen molar-refractivity contribution in [2.24, 2.45) is 0 Å². The van der Waals surface area contributed by atoms with E-state index in [-0.39, 0.29) is 11.5 Å². The van der Waals surface area contributed by atoms with Crippen molar-refractivity contribution in [1.29, 1.82) is 5.26 Å². The largest absolute Gasteiger partial charge is 0.396 e. The zero-order chi connectivity index (χ0) is 14.2. The van der Waals surface area contributed by atoms with Crippen molar-refractivity contribution in [2.75, 3.05) is 23.7 Å². The number of nitrogens with two attached hydrogens (primary N) is 1. The third kappa shape index (κ3) is 2.44. The van der Waals surface area contributed by atoms with Gasteiger partial charge in [-0.25, -0.2) is 0 Å². The van der Waals surface area contributed by atoms with Gasteiger partial charge in [0, 0.05) is 19.5 Å². The highest BCUT2D eigenvalue weighted by molar-refractivity contribution is 7.19. The van der Waals surface area contributed by atoms with Crippen molar-refractivity contribution in [3.8, 4) is 6.07 Å². The molecule has 5 nitrogen and oxygen atoms in total. The molecule has 1 aromatic rings. The Morgan fingerprint density at radius 3 is 2.84 bits per heavy atom. The van der Waals surface area contributed by atoms with Crippen molar-refractivity contribution >= 4 is 27.8 Å². The molecule has 6 heteroatoms. The molecule has 0 bridgehead atoms. The van der Waals surface area contributed by atoms with Crippen LogP contribution in [0.5, 0.6) is 0 Å². The highest BCUT2D eigenvalue weighted by atomic mass is 32.1. The molecular formula is C13H17N3O2S. The number of anilines is 2. The van der Waals surface area contributed by atoms with E-state index in [1.807, 2.05) is 4.90 Å². The third-order valence-corrected chi connectivity index (χ3v) is 4.66. The number of hydrogen-bond acceptors (Lipinski definition) is 6. The lowest BCUT2D eigenvalue weighted by molar-refractivity contribution is 0.0839. The molecule has 0 aliphatic carbocycles. The monoisotopic (exact) mass is 279 g/mol. The van der Waals surface area contributed by atoms with Crippen LogP contribution in [0.3, 0.4) is 0 Å². The van der Waals surface area contributed by atoms with E-state index < -0.39 is 5.60 Å². The molecule has 1 unspecified atom stereocenters. The molecule has 1 atom stereocenters. The molecule has 0 radical (unpaired) electrons. The SMILES string of the molecule is CCC(=O)c1sc(N2CCC(C)(O)C2)c(C#N)c1N. The maximum absolute atomic E-state index is 11.8. The molecule has 0 saturated carbocycles. The van der Waals surface area contributed by atoms with Gasteiger partial charge in [0.1, 0.15) is 16.6 Å². The summed E-state index contributed by atoms with van der Waals surface area (Å²) in [4.78, 5) is 14.2. The second-order valence-electron chi connectivity index (χ2n) is 5.08. The van der Waals surface area contributed by atoms with Crippen LogP contribution in [0.25, 0.3) is 0 Å². The lowest BCUT2D eigenvalue weighted by atomic mass is 10.1.